The third-order valence-corrected chi connectivity index (χ3v) is 4.44. The number of hydrazine groups is 1. The van der Waals surface area contributed by atoms with Gasteiger partial charge in [0.05, 0.1) is 39.7 Å². The number of nitrogens with zero attached hydrogens (tertiary/aromatic N) is 1. The van der Waals surface area contributed by atoms with E-state index < -0.39 is 17.8 Å². The average molecular weight is 412 g/mol. The molecular weight excluding hydrogens is 392 g/mol. The van der Waals surface area contributed by atoms with Crippen molar-refractivity contribution in [3.05, 3.63) is 53.1 Å². The molecule has 1 N–H and O–H groups in total. The summed E-state index contributed by atoms with van der Waals surface area (Å²) in [5.41, 5.74) is 3.68. The van der Waals surface area contributed by atoms with Crippen molar-refractivity contribution in [2.24, 2.45) is 0 Å². The zero-order chi connectivity index (χ0) is 21.8. The monoisotopic (exact) mass is 412 g/mol. The Hall–Kier alpha value is -4.01. The van der Waals surface area contributed by atoms with Crippen LogP contribution in [0.3, 0.4) is 0 Å². The molecule has 1 saturated heterocycles. The van der Waals surface area contributed by atoms with E-state index in [0.717, 1.165) is 5.01 Å². The second-order valence-electron chi connectivity index (χ2n) is 6.14. The van der Waals surface area contributed by atoms with Crippen molar-refractivity contribution >= 4 is 29.5 Å². The topological polar surface area (TPSA) is 103 Å². The van der Waals surface area contributed by atoms with Crippen LogP contribution < -0.4 is 24.6 Å². The largest absolute Gasteiger partial charge is 0.493 e. The first kappa shape index (κ1) is 20.7. The number of hydrogen-bond acceptors (Lipinski definition) is 7. The van der Waals surface area contributed by atoms with Crippen molar-refractivity contribution in [2.45, 2.75) is 0 Å². The Bertz CT molecular complexity index is 1000. The second kappa shape index (κ2) is 8.56. The van der Waals surface area contributed by atoms with Crippen molar-refractivity contribution in [2.75, 3.05) is 33.4 Å². The molecule has 1 fully saturated rings. The molecule has 2 aromatic carbocycles. The number of carbonyl (C=O) groups excluding carboxylic acids is 3. The van der Waals surface area contributed by atoms with Gasteiger partial charge >= 0.3 is 5.97 Å². The summed E-state index contributed by atoms with van der Waals surface area (Å²) in [6.45, 7) is 0. The maximum Gasteiger partial charge on any atom is 0.337 e. The average Bonchev–Trinajstić information content (AvgIpc) is 3.06. The maximum absolute atomic E-state index is 12.8. The minimum Gasteiger partial charge on any atom is -0.493 e. The highest BCUT2D eigenvalue weighted by atomic mass is 16.5. The molecule has 3 rings (SSSR count). The molecule has 2 aromatic rings. The van der Waals surface area contributed by atoms with Gasteiger partial charge in [-0.1, -0.05) is 0 Å². The van der Waals surface area contributed by atoms with Gasteiger partial charge in [-0.25, -0.2) is 9.80 Å². The number of amides is 2. The molecule has 30 heavy (non-hydrogen) atoms. The number of carbonyl (C=O) groups is 3. The molecule has 156 valence electrons. The number of rotatable bonds is 6. The SMILES string of the molecule is COC(=O)c1ccc(N2NC(=O)/C(=C/c3cc(OC)c(OC)c(OC)c3)C2=O)cc1. The first-order valence-corrected chi connectivity index (χ1v) is 8.79. The van der Waals surface area contributed by atoms with Crippen LogP contribution in [0, 0.1) is 0 Å². The molecule has 0 bridgehead atoms. The normalized spacial score (nSPS) is 14.5. The molecule has 0 aromatic heterocycles. The summed E-state index contributed by atoms with van der Waals surface area (Å²) in [5.74, 6) is -0.419. The lowest BCUT2D eigenvalue weighted by molar-refractivity contribution is -0.117. The van der Waals surface area contributed by atoms with Crippen molar-refractivity contribution in [1.82, 2.24) is 5.43 Å². The van der Waals surface area contributed by atoms with Gasteiger partial charge in [0.1, 0.15) is 5.57 Å². The molecule has 0 atom stereocenters. The molecule has 0 spiro atoms. The molecule has 0 saturated carbocycles. The van der Waals surface area contributed by atoms with E-state index >= 15 is 0 Å². The maximum atomic E-state index is 12.8. The summed E-state index contributed by atoms with van der Waals surface area (Å²) >= 11 is 0. The second-order valence-corrected chi connectivity index (χ2v) is 6.14. The molecule has 1 aliphatic heterocycles. The van der Waals surface area contributed by atoms with Crippen molar-refractivity contribution in [3.8, 4) is 17.2 Å². The van der Waals surface area contributed by atoms with Crippen LogP contribution in [0.5, 0.6) is 17.2 Å². The fraction of sp³-hybridized carbons (Fsp3) is 0.190. The number of ether oxygens (including phenoxy) is 4. The fourth-order valence-electron chi connectivity index (χ4n) is 2.96. The smallest absolute Gasteiger partial charge is 0.337 e. The van der Waals surface area contributed by atoms with Gasteiger partial charge in [-0.05, 0) is 48.0 Å². The molecule has 0 aliphatic carbocycles. The molecule has 0 unspecified atom stereocenters. The van der Waals surface area contributed by atoms with Gasteiger partial charge in [0.25, 0.3) is 11.8 Å². The van der Waals surface area contributed by atoms with Gasteiger partial charge in [-0.3, -0.25) is 15.0 Å². The summed E-state index contributed by atoms with van der Waals surface area (Å²) in [5, 5.41) is 1.10. The van der Waals surface area contributed by atoms with E-state index in [0.29, 0.717) is 34.1 Å². The van der Waals surface area contributed by atoms with Crippen LogP contribution in [0.1, 0.15) is 15.9 Å². The number of nitrogens with one attached hydrogen (secondary N) is 1. The van der Waals surface area contributed by atoms with Crippen molar-refractivity contribution in [3.63, 3.8) is 0 Å². The third-order valence-electron chi connectivity index (χ3n) is 4.44. The van der Waals surface area contributed by atoms with E-state index in [1.807, 2.05) is 0 Å². The summed E-state index contributed by atoms with van der Waals surface area (Å²) in [4.78, 5) is 36.8. The number of anilines is 1. The molecule has 2 amide bonds. The third kappa shape index (κ3) is 3.77. The molecule has 1 aliphatic rings. The van der Waals surface area contributed by atoms with Gasteiger partial charge in [0.15, 0.2) is 11.5 Å². The highest BCUT2D eigenvalue weighted by Gasteiger charge is 2.34. The highest BCUT2D eigenvalue weighted by molar-refractivity contribution is 6.31. The molecule has 9 nitrogen and oxygen atoms in total. The fourth-order valence-corrected chi connectivity index (χ4v) is 2.96. The van der Waals surface area contributed by atoms with Crippen molar-refractivity contribution in [1.29, 1.82) is 0 Å². The first-order chi connectivity index (χ1) is 14.4. The summed E-state index contributed by atoms with van der Waals surface area (Å²) in [6.07, 6.45) is 1.44. The first-order valence-electron chi connectivity index (χ1n) is 8.79. The van der Waals surface area contributed by atoms with Crippen molar-refractivity contribution < 1.29 is 33.3 Å². The highest BCUT2D eigenvalue weighted by Crippen LogP contribution is 2.39. The Morgan fingerprint density at radius 3 is 2.03 bits per heavy atom. The van der Waals surface area contributed by atoms with Gasteiger partial charge in [-0.15, -0.1) is 0 Å². The Morgan fingerprint density at radius 2 is 1.53 bits per heavy atom. The molecule has 1 heterocycles. The Balaban J connectivity index is 1.93. The zero-order valence-electron chi connectivity index (χ0n) is 16.8. The molecule has 0 radical (unpaired) electrons. The van der Waals surface area contributed by atoms with Crippen LogP contribution in [0.2, 0.25) is 0 Å². The molecular formula is C21H20N2O7. The van der Waals surface area contributed by atoms with Gasteiger partial charge < -0.3 is 18.9 Å². The van der Waals surface area contributed by atoms with Crippen LogP contribution in [0.25, 0.3) is 6.08 Å². The lowest BCUT2D eigenvalue weighted by Crippen LogP contribution is -2.35. The summed E-state index contributed by atoms with van der Waals surface area (Å²) in [6, 6.07) is 9.33. The minimum atomic E-state index is -0.564. The standard InChI is InChI=1S/C21H20N2O7/c1-27-16-10-12(11-17(28-2)18(16)29-3)9-15-19(24)22-23(20(15)25)14-7-5-13(6-8-14)21(26)30-4/h5-11H,1-4H3,(H,22,24)/b15-9-. The zero-order valence-corrected chi connectivity index (χ0v) is 16.8. The molecule has 9 heteroatoms. The Kier molecular flexibility index (Phi) is 5.91. The minimum absolute atomic E-state index is 0.0682. The van der Waals surface area contributed by atoms with Crippen LogP contribution in [0.4, 0.5) is 5.69 Å². The quantitative estimate of drug-likeness (QED) is 0.439. The van der Waals surface area contributed by atoms with E-state index in [1.54, 1.807) is 12.1 Å². The number of esters is 1. The summed E-state index contributed by atoms with van der Waals surface area (Å²) < 4.78 is 20.5. The number of hydrogen-bond donors (Lipinski definition) is 1. The number of benzene rings is 2. The number of methoxy groups -OCH3 is 4. The van der Waals surface area contributed by atoms with Crippen LogP contribution >= 0.6 is 0 Å². The van der Waals surface area contributed by atoms with Crippen LogP contribution in [-0.4, -0.2) is 46.2 Å². The Labute approximate surface area is 172 Å². The van der Waals surface area contributed by atoms with Gasteiger partial charge in [0.2, 0.25) is 5.75 Å². The van der Waals surface area contributed by atoms with E-state index in [4.69, 9.17) is 14.2 Å². The summed E-state index contributed by atoms with van der Waals surface area (Å²) in [7, 11) is 5.71. The van der Waals surface area contributed by atoms with E-state index in [-0.39, 0.29) is 5.57 Å². The predicted molar refractivity (Wildman–Crippen MR) is 107 cm³/mol. The van der Waals surface area contributed by atoms with Gasteiger partial charge in [-0.2, -0.15) is 0 Å². The van der Waals surface area contributed by atoms with E-state index in [1.165, 1.54) is 58.8 Å². The van der Waals surface area contributed by atoms with E-state index in [2.05, 4.69) is 10.2 Å². The Morgan fingerprint density at radius 1 is 0.933 bits per heavy atom. The van der Waals surface area contributed by atoms with Crippen LogP contribution in [-0.2, 0) is 14.3 Å². The predicted octanol–water partition coefficient (Wildman–Crippen LogP) is 1.96. The lowest BCUT2D eigenvalue weighted by Gasteiger charge is -2.15. The lowest BCUT2D eigenvalue weighted by atomic mass is 10.1. The van der Waals surface area contributed by atoms with E-state index in [9.17, 15) is 14.4 Å². The van der Waals surface area contributed by atoms with Gasteiger partial charge in [0, 0.05) is 0 Å². The van der Waals surface area contributed by atoms with Crippen LogP contribution in [0.15, 0.2) is 42.0 Å².